The number of hydrogen-bond acceptors (Lipinski definition) is 5. The number of piperazine rings is 1. The summed E-state index contributed by atoms with van der Waals surface area (Å²) in [6, 6.07) is 3.83. The van der Waals surface area contributed by atoms with Gasteiger partial charge in [0.1, 0.15) is 0 Å². The summed E-state index contributed by atoms with van der Waals surface area (Å²) in [6.07, 6.45) is 4.02. The number of likely N-dealkylation sites (tertiary alicyclic amines) is 1. The highest BCUT2D eigenvalue weighted by atomic mass is 127. The van der Waals surface area contributed by atoms with Crippen molar-refractivity contribution >= 4 is 35.8 Å². The van der Waals surface area contributed by atoms with Gasteiger partial charge in [0.25, 0.3) is 0 Å². The molecule has 1 amide bonds. The lowest BCUT2D eigenvalue weighted by molar-refractivity contribution is -0.135. The summed E-state index contributed by atoms with van der Waals surface area (Å²) >= 11 is 0. The quantitative estimate of drug-likeness (QED) is 0.344. The molecule has 168 valence electrons. The van der Waals surface area contributed by atoms with Crippen LogP contribution in [0.2, 0.25) is 0 Å². The van der Waals surface area contributed by atoms with Gasteiger partial charge in [0.2, 0.25) is 11.8 Å². The Labute approximate surface area is 197 Å². The monoisotopic (exact) mass is 530 g/mol. The standard InChI is InChI=1S/C21H34N6O2.HI/c1-4-22-21(24-16-18-7-8-23-19(15-18)29-3)27-13-11-25(12-14-27)17(2)20(28)26-9-5-6-10-26;/h7-8,15,17H,4-6,9-14,16H2,1-3H3,(H,22,24);1H. The normalized spacial score (nSPS) is 18.7. The van der Waals surface area contributed by atoms with Crippen LogP contribution in [0.5, 0.6) is 5.88 Å². The number of hydrogen-bond donors (Lipinski definition) is 1. The lowest BCUT2D eigenvalue weighted by atomic mass is 10.2. The highest BCUT2D eigenvalue weighted by molar-refractivity contribution is 14.0. The molecule has 0 spiro atoms. The van der Waals surface area contributed by atoms with Crippen molar-refractivity contribution in [3.05, 3.63) is 23.9 Å². The smallest absolute Gasteiger partial charge is 0.239 e. The molecular formula is C21H35IN6O2. The van der Waals surface area contributed by atoms with Gasteiger partial charge in [-0.25, -0.2) is 9.98 Å². The van der Waals surface area contributed by atoms with Crippen LogP contribution in [0.15, 0.2) is 23.3 Å². The summed E-state index contributed by atoms with van der Waals surface area (Å²) in [7, 11) is 1.62. The van der Waals surface area contributed by atoms with E-state index in [0.29, 0.717) is 12.4 Å². The first-order valence-corrected chi connectivity index (χ1v) is 10.7. The summed E-state index contributed by atoms with van der Waals surface area (Å²) in [4.78, 5) is 28.2. The Morgan fingerprint density at radius 2 is 1.90 bits per heavy atom. The van der Waals surface area contributed by atoms with Crippen LogP contribution in [-0.4, -0.2) is 90.5 Å². The van der Waals surface area contributed by atoms with E-state index in [4.69, 9.17) is 9.73 Å². The average Bonchev–Trinajstić information content (AvgIpc) is 3.31. The van der Waals surface area contributed by atoms with Gasteiger partial charge in [0.05, 0.1) is 19.7 Å². The molecule has 0 saturated carbocycles. The molecule has 8 nitrogen and oxygen atoms in total. The molecule has 1 atom stereocenters. The van der Waals surface area contributed by atoms with Crippen LogP contribution in [0.25, 0.3) is 0 Å². The van der Waals surface area contributed by atoms with Gasteiger partial charge in [-0.2, -0.15) is 0 Å². The number of amides is 1. The molecule has 0 bridgehead atoms. The third kappa shape index (κ3) is 6.44. The van der Waals surface area contributed by atoms with Gasteiger partial charge in [-0.15, -0.1) is 24.0 Å². The molecule has 2 saturated heterocycles. The number of nitrogens with one attached hydrogen (secondary N) is 1. The number of pyridine rings is 1. The Kier molecular flexibility index (Phi) is 10.1. The SMILES string of the molecule is CCNC(=NCc1ccnc(OC)c1)N1CCN(C(C)C(=O)N2CCCC2)CC1.I. The maximum Gasteiger partial charge on any atom is 0.239 e. The van der Waals surface area contributed by atoms with E-state index in [1.807, 2.05) is 24.0 Å². The second-order valence-corrected chi connectivity index (χ2v) is 7.61. The lowest BCUT2D eigenvalue weighted by Crippen LogP contribution is -2.57. The van der Waals surface area contributed by atoms with E-state index < -0.39 is 0 Å². The molecular weight excluding hydrogens is 495 g/mol. The molecule has 3 rings (SSSR count). The van der Waals surface area contributed by atoms with Crippen LogP contribution in [0, 0.1) is 0 Å². The van der Waals surface area contributed by atoms with Crippen LogP contribution < -0.4 is 10.1 Å². The number of nitrogens with zero attached hydrogens (tertiary/aromatic N) is 5. The predicted octanol–water partition coefficient (Wildman–Crippen LogP) is 1.80. The molecule has 1 aromatic rings. The Bertz CT molecular complexity index is 702. The van der Waals surface area contributed by atoms with Gasteiger partial charge in [0.15, 0.2) is 5.96 Å². The zero-order valence-electron chi connectivity index (χ0n) is 18.3. The van der Waals surface area contributed by atoms with Crippen molar-refractivity contribution in [2.24, 2.45) is 4.99 Å². The third-order valence-corrected chi connectivity index (χ3v) is 5.69. The minimum atomic E-state index is -0.0425. The number of aromatic nitrogens is 1. The summed E-state index contributed by atoms with van der Waals surface area (Å²) in [5.41, 5.74) is 1.07. The molecule has 9 heteroatoms. The molecule has 0 aliphatic carbocycles. The predicted molar refractivity (Wildman–Crippen MR) is 129 cm³/mol. The molecule has 1 N–H and O–H groups in total. The maximum atomic E-state index is 12.7. The number of carbonyl (C=O) groups is 1. The summed E-state index contributed by atoms with van der Waals surface area (Å²) in [5, 5.41) is 3.40. The first-order chi connectivity index (χ1) is 14.1. The van der Waals surface area contributed by atoms with Gasteiger partial charge in [0, 0.05) is 58.1 Å². The molecule has 30 heavy (non-hydrogen) atoms. The zero-order chi connectivity index (χ0) is 20.6. The molecule has 0 aromatic carbocycles. The summed E-state index contributed by atoms with van der Waals surface area (Å²) < 4.78 is 5.19. The number of aliphatic imine (C=N–C) groups is 1. The van der Waals surface area contributed by atoms with Crippen LogP contribution in [0.4, 0.5) is 0 Å². The number of guanidine groups is 1. The van der Waals surface area contributed by atoms with E-state index in [2.05, 4.69) is 27.0 Å². The van der Waals surface area contributed by atoms with Gasteiger partial charge < -0.3 is 19.9 Å². The van der Waals surface area contributed by atoms with Gasteiger partial charge >= 0.3 is 0 Å². The molecule has 1 aromatic heterocycles. The van der Waals surface area contributed by atoms with Crippen molar-refractivity contribution in [3.63, 3.8) is 0 Å². The molecule has 2 aliphatic heterocycles. The van der Waals surface area contributed by atoms with Crippen molar-refractivity contribution in [1.29, 1.82) is 0 Å². The Hall–Kier alpha value is -1.62. The van der Waals surface area contributed by atoms with E-state index in [-0.39, 0.29) is 35.9 Å². The molecule has 1 unspecified atom stereocenters. The number of ether oxygens (including phenoxy) is 1. The second-order valence-electron chi connectivity index (χ2n) is 7.61. The van der Waals surface area contributed by atoms with Gasteiger partial charge in [-0.1, -0.05) is 0 Å². The number of halogens is 1. The van der Waals surface area contributed by atoms with E-state index in [1.165, 1.54) is 0 Å². The Balaban J connectivity index is 0.00000320. The molecule has 2 fully saturated rings. The minimum absolute atomic E-state index is 0. The summed E-state index contributed by atoms with van der Waals surface area (Å²) in [6.45, 7) is 10.8. The topological polar surface area (TPSA) is 73.3 Å². The molecule has 3 heterocycles. The van der Waals surface area contributed by atoms with Crippen LogP contribution >= 0.6 is 24.0 Å². The van der Waals surface area contributed by atoms with Crippen molar-refractivity contribution in [3.8, 4) is 5.88 Å². The fraction of sp³-hybridized carbons (Fsp3) is 0.667. The lowest BCUT2D eigenvalue weighted by Gasteiger charge is -2.39. The second kappa shape index (κ2) is 12.3. The number of methoxy groups -OCH3 is 1. The van der Waals surface area contributed by atoms with E-state index in [9.17, 15) is 4.79 Å². The first-order valence-electron chi connectivity index (χ1n) is 10.7. The van der Waals surface area contributed by atoms with E-state index >= 15 is 0 Å². The van der Waals surface area contributed by atoms with Crippen molar-refractivity contribution in [2.75, 3.05) is 52.9 Å². The fourth-order valence-corrected chi connectivity index (χ4v) is 3.93. The first kappa shape index (κ1) is 24.6. The summed E-state index contributed by atoms with van der Waals surface area (Å²) in [5.74, 6) is 1.80. The Morgan fingerprint density at radius 1 is 1.20 bits per heavy atom. The minimum Gasteiger partial charge on any atom is -0.481 e. The van der Waals surface area contributed by atoms with E-state index in [0.717, 1.165) is 70.2 Å². The largest absolute Gasteiger partial charge is 0.481 e. The van der Waals surface area contributed by atoms with Crippen molar-refractivity contribution < 1.29 is 9.53 Å². The highest BCUT2D eigenvalue weighted by Crippen LogP contribution is 2.14. The van der Waals surface area contributed by atoms with Gasteiger partial charge in [-0.05, 0) is 38.3 Å². The third-order valence-electron chi connectivity index (χ3n) is 5.69. The Morgan fingerprint density at radius 3 is 2.53 bits per heavy atom. The maximum absolute atomic E-state index is 12.7. The number of rotatable bonds is 6. The van der Waals surface area contributed by atoms with Gasteiger partial charge in [-0.3, -0.25) is 9.69 Å². The molecule has 0 radical (unpaired) electrons. The molecule has 2 aliphatic rings. The average molecular weight is 530 g/mol. The van der Waals surface area contributed by atoms with Crippen molar-refractivity contribution in [1.82, 2.24) is 25.0 Å². The van der Waals surface area contributed by atoms with Crippen LogP contribution in [-0.2, 0) is 11.3 Å². The fourth-order valence-electron chi connectivity index (χ4n) is 3.93. The highest BCUT2D eigenvalue weighted by Gasteiger charge is 2.30. The van der Waals surface area contributed by atoms with Crippen molar-refractivity contribution in [2.45, 2.75) is 39.3 Å². The zero-order valence-corrected chi connectivity index (χ0v) is 20.7. The van der Waals surface area contributed by atoms with E-state index in [1.54, 1.807) is 13.3 Å². The number of carbonyl (C=O) groups excluding carboxylic acids is 1. The van der Waals surface area contributed by atoms with Crippen LogP contribution in [0.1, 0.15) is 32.3 Å². The van der Waals surface area contributed by atoms with Crippen LogP contribution in [0.3, 0.4) is 0 Å².